The Hall–Kier alpha value is -1.97. The zero-order valence-corrected chi connectivity index (χ0v) is 11.1. The molecule has 96 valence electrons. The first-order chi connectivity index (χ1) is 8.69. The summed E-state index contributed by atoms with van der Waals surface area (Å²) in [6.07, 6.45) is 3.87. The number of hydrogen-bond acceptors (Lipinski definition) is 3. The van der Waals surface area contributed by atoms with Crippen LogP contribution in [0.25, 0.3) is 0 Å². The predicted molar refractivity (Wildman–Crippen MR) is 72.9 cm³/mol. The number of nitrogens with zero attached hydrogens (tertiary/aromatic N) is 2. The molecule has 0 aliphatic rings. The molecule has 0 spiro atoms. The lowest BCUT2D eigenvalue weighted by Gasteiger charge is -2.06. The van der Waals surface area contributed by atoms with Gasteiger partial charge < -0.3 is 10.1 Å². The van der Waals surface area contributed by atoms with Crippen molar-refractivity contribution < 1.29 is 4.74 Å². The van der Waals surface area contributed by atoms with Crippen molar-refractivity contribution in [2.75, 3.05) is 12.4 Å². The van der Waals surface area contributed by atoms with E-state index < -0.39 is 0 Å². The SMILES string of the molecule is COc1cccc(CNc2cnn(C(C)C)c2)c1. The molecule has 0 saturated carbocycles. The van der Waals surface area contributed by atoms with Crippen LogP contribution in [0.5, 0.6) is 5.75 Å². The number of hydrogen-bond donors (Lipinski definition) is 1. The molecule has 4 nitrogen and oxygen atoms in total. The quantitative estimate of drug-likeness (QED) is 0.879. The van der Waals surface area contributed by atoms with E-state index in [0.717, 1.165) is 18.0 Å². The van der Waals surface area contributed by atoms with Crippen molar-refractivity contribution in [3.8, 4) is 5.75 Å². The normalized spacial score (nSPS) is 10.7. The zero-order valence-electron chi connectivity index (χ0n) is 11.1. The summed E-state index contributed by atoms with van der Waals surface area (Å²) in [7, 11) is 1.68. The molecule has 0 radical (unpaired) electrons. The fourth-order valence-electron chi connectivity index (χ4n) is 1.70. The molecule has 1 N–H and O–H groups in total. The highest BCUT2D eigenvalue weighted by Crippen LogP contribution is 2.15. The number of ether oxygens (including phenoxy) is 1. The Labute approximate surface area is 108 Å². The van der Waals surface area contributed by atoms with Gasteiger partial charge in [0.1, 0.15) is 5.75 Å². The minimum absolute atomic E-state index is 0.386. The molecule has 1 aromatic heterocycles. The standard InChI is InChI=1S/C14H19N3O/c1-11(2)17-10-13(9-16-17)15-8-12-5-4-6-14(7-12)18-3/h4-7,9-11,15H,8H2,1-3H3. The molecule has 0 saturated heterocycles. The third kappa shape index (κ3) is 3.03. The summed E-state index contributed by atoms with van der Waals surface area (Å²) < 4.78 is 7.14. The molecule has 0 aliphatic carbocycles. The summed E-state index contributed by atoms with van der Waals surface area (Å²) in [5.41, 5.74) is 2.22. The molecule has 0 fully saturated rings. The van der Waals surface area contributed by atoms with Crippen LogP contribution in [-0.2, 0) is 6.54 Å². The van der Waals surface area contributed by atoms with Gasteiger partial charge in [0, 0.05) is 18.8 Å². The van der Waals surface area contributed by atoms with E-state index in [-0.39, 0.29) is 0 Å². The molecule has 0 bridgehead atoms. The third-order valence-electron chi connectivity index (χ3n) is 2.76. The lowest BCUT2D eigenvalue weighted by molar-refractivity contribution is 0.414. The number of anilines is 1. The van der Waals surface area contributed by atoms with Gasteiger partial charge in [-0.1, -0.05) is 12.1 Å². The van der Waals surface area contributed by atoms with Crippen molar-refractivity contribution >= 4 is 5.69 Å². The van der Waals surface area contributed by atoms with Crippen LogP contribution in [0, 0.1) is 0 Å². The van der Waals surface area contributed by atoms with Crippen LogP contribution in [0.3, 0.4) is 0 Å². The van der Waals surface area contributed by atoms with E-state index >= 15 is 0 Å². The molecule has 4 heteroatoms. The van der Waals surface area contributed by atoms with Crippen molar-refractivity contribution in [1.82, 2.24) is 9.78 Å². The van der Waals surface area contributed by atoms with Gasteiger partial charge in [-0.25, -0.2) is 0 Å². The van der Waals surface area contributed by atoms with Crippen LogP contribution in [-0.4, -0.2) is 16.9 Å². The maximum absolute atomic E-state index is 5.20. The molecular formula is C14H19N3O. The van der Waals surface area contributed by atoms with Crippen molar-refractivity contribution in [2.24, 2.45) is 0 Å². The van der Waals surface area contributed by atoms with Crippen LogP contribution in [0.15, 0.2) is 36.7 Å². The maximum Gasteiger partial charge on any atom is 0.119 e. The lowest BCUT2D eigenvalue weighted by Crippen LogP contribution is -2.01. The first-order valence-electron chi connectivity index (χ1n) is 6.10. The number of aromatic nitrogens is 2. The second-order valence-electron chi connectivity index (χ2n) is 4.51. The predicted octanol–water partition coefficient (Wildman–Crippen LogP) is 3.08. The summed E-state index contributed by atoms with van der Waals surface area (Å²) in [5, 5.41) is 7.64. The molecular weight excluding hydrogens is 226 g/mol. The van der Waals surface area contributed by atoms with E-state index in [4.69, 9.17) is 4.74 Å². The highest BCUT2D eigenvalue weighted by atomic mass is 16.5. The Bertz CT molecular complexity index is 505. The Morgan fingerprint density at radius 1 is 1.39 bits per heavy atom. The number of rotatable bonds is 5. The molecule has 1 heterocycles. The van der Waals surface area contributed by atoms with Gasteiger partial charge in [0.05, 0.1) is 19.0 Å². The van der Waals surface area contributed by atoms with Gasteiger partial charge in [-0.15, -0.1) is 0 Å². The second kappa shape index (κ2) is 5.58. The second-order valence-corrected chi connectivity index (χ2v) is 4.51. The van der Waals surface area contributed by atoms with Gasteiger partial charge in [-0.05, 0) is 31.5 Å². The van der Waals surface area contributed by atoms with E-state index in [1.54, 1.807) is 7.11 Å². The summed E-state index contributed by atoms with van der Waals surface area (Å²) in [6, 6.07) is 8.42. The van der Waals surface area contributed by atoms with Crippen LogP contribution in [0.1, 0.15) is 25.5 Å². The van der Waals surface area contributed by atoms with Gasteiger partial charge in [-0.2, -0.15) is 5.10 Å². The Morgan fingerprint density at radius 3 is 2.89 bits per heavy atom. The first kappa shape index (κ1) is 12.5. The van der Waals surface area contributed by atoms with Crippen LogP contribution < -0.4 is 10.1 Å². The molecule has 0 aliphatic heterocycles. The van der Waals surface area contributed by atoms with E-state index in [9.17, 15) is 0 Å². The van der Waals surface area contributed by atoms with E-state index in [1.807, 2.05) is 35.3 Å². The monoisotopic (exact) mass is 245 g/mol. The summed E-state index contributed by atoms with van der Waals surface area (Å²) in [5.74, 6) is 0.882. The average Bonchev–Trinajstić information content (AvgIpc) is 2.85. The van der Waals surface area contributed by atoms with E-state index in [1.165, 1.54) is 5.56 Å². The fraction of sp³-hybridized carbons (Fsp3) is 0.357. The molecule has 18 heavy (non-hydrogen) atoms. The molecule has 2 rings (SSSR count). The number of nitrogens with one attached hydrogen (secondary N) is 1. The van der Waals surface area contributed by atoms with Crippen molar-refractivity contribution in [1.29, 1.82) is 0 Å². The first-order valence-corrected chi connectivity index (χ1v) is 6.10. The highest BCUT2D eigenvalue weighted by molar-refractivity contribution is 5.40. The van der Waals surface area contributed by atoms with Gasteiger partial charge in [-0.3, -0.25) is 4.68 Å². The van der Waals surface area contributed by atoms with E-state index in [2.05, 4.69) is 30.3 Å². The maximum atomic E-state index is 5.20. The number of benzene rings is 1. The highest BCUT2D eigenvalue weighted by Gasteiger charge is 2.01. The van der Waals surface area contributed by atoms with Crippen LogP contribution in [0.2, 0.25) is 0 Å². The summed E-state index contributed by atoms with van der Waals surface area (Å²) >= 11 is 0. The largest absolute Gasteiger partial charge is 0.497 e. The van der Waals surface area contributed by atoms with Crippen LogP contribution >= 0.6 is 0 Å². The fourth-order valence-corrected chi connectivity index (χ4v) is 1.70. The topological polar surface area (TPSA) is 39.1 Å². The molecule has 0 amide bonds. The summed E-state index contributed by atoms with van der Waals surface area (Å²) in [6.45, 7) is 4.98. The Balaban J connectivity index is 1.97. The zero-order chi connectivity index (χ0) is 13.0. The Kier molecular flexibility index (Phi) is 3.87. The minimum atomic E-state index is 0.386. The van der Waals surface area contributed by atoms with E-state index in [0.29, 0.717) is 6.04 Å². The third-order valence-corrected chi connectivity index (χ3v) is 2.76. The minimum Gasteiger partial charge on any atom is -0.497 e. The molecule has 0 atom stereocenters. The summed E-state index contributed by atoms with van der Waals surface area (Å²) in [4.78, 5) is 0. The molecule has 1 aromatic carbocycles. The van der Waals surface area contributed by atoms with Crippen molar-refractivity contribution in [3.05, 3.63) is 42.2 Å². The van der Waals surface area contributed by atoms with Gasteiger partial charge in [0.15, 0.2) is 0 Å². The van der Waals surface area contributed by atoms with Gasteiger partial charge >= 0.3 is 0 Å². The molecule has 0 unspecified atom stereocenters. The van der Waals surface area contributed by atoms with Gasteiger partial charge in [0.2, 0.25) is 0 Å². The Morgan fingerprint density at radius 2 is 2.22 bits per heavy atom. The molecule has 2 aromatic rings. The van der Waals surface area contributed by atoms with Gasteiger partial charge in [0.25, 0.3) is 0 Å². The number of methoxy groups -OCH3 is 1. The van der Waals surface area contributed by atoms with Crippen molar-refractivity contribution in [2.45, 2.75) is 26.4 Å². The lowest BCUT2D eigenvalue weighted by atomic mass is 10.2. The average molecular weight is 245 g/mol. The van der Waals surface area contributed by atoms with Crippen molar-refractivity contribution in [3.63, 3.8) is 0 Å². The van der Waals surface area contributed by atoms with Crippen LogP contribution in [0.4, 0.5) is 5.69 Å². The smallest absolute Gasteiger partial charge is 0.119 e.